The highest BCUT2D eigenvalue weighted by Gasteiger charge is 2.20. The van der Waals surface area contributed by atoms with Crippen molar-refractivity contribution in [2.45, 2.75) is 25.9 Å². The second-order valence-corrected chi connectivity index (χ2v) is 8.91. The van der Waals surface area contributed by atoms with Crippen molar-refractivity contribution >= 4 is 40.8 Å². The Hall–Kier alpha value is -1.99. The number of nitrogens with one attached hydrogen (secondary N) is 1. The van der Waals surface area contributed by atoms with E-state index >= 15 is 0 Å². The van der Waals surface area contributed by atoms with Gasteiger partial charge in [-0.3, -0.25) is 4.79 Å². The number of para-hydroxylation sites is 1. The number of aryl methyl sites for hydroxylation is 1. The number of anilines is 2. The number of hydrogen-bond donors (Lipinski definition) is 1. The van der Waals surface area contributed by atoms with Crippen LogP contribution in [0.5, 0.6) is 0 Å². The van der Waals surface area contributed by atoms with Crippen LogP contribution in [-0.2, 0) is 4.79 Å². The quantitative estimate of drug-likeness (QED) is 0.408. The lowest BCUT2D eigenvalue weighted by Crippen LogP contribution is -2.47. The number of aromatic nitrogens is 2. The highest BCUT2D eigenvalue weighted by Crippen LogP contribution is 2.25. The molecule has 29 heavy (non-hydrogen) atoms. The Balaban J connectivity index is 1.59. The summed E-state index contributed by atoms with van der Waals surface area (Å²) < 4.78 is 0. The number of amides is 1. The smallest absolute Gasteiger partial charge is 0.230 e. The fourth-order valence-corrected chi connectivity index (χ4v) is 4.12. The molecule has 1 aromatic carbocycles. The minimum absolute atomic E-state index is 0.0133. The summed E-state index contributed by atoms with van der Waals surface area (Å²) in [6, 6.07) is 10.3. The Morgan fingerprint density at radius 2 is 1.86 bits per heavy atom. The Bertz CT molecular complexity index is 840. The molecule has 0 saturated carbocycles. The Morgan fingerprint density at radius 3 is 2.55 bits per heavy atom. The third-order valence-corrected chi connectivity index (χ3v) is 5.80. The highest BCUT2D eigenvalue weighted by molar-refractivity contribution is 7.99. The number of nitrogens with zero attached hydrogens (tertiary/aromatic N) is 4. The van der Waals surface area contributed by atoms with Gasteiger partial charge in [-0.2, -0.15) is 0 Å². The van der Waals surface area contributed by atoms with Crippen molar-refractivity contribution in [3.8, 4) is 0 Å². The van der Waals surface area contributed by atoms with Gasteiger partial charge in [0.25, 0.3) is 0 Å². The van der Waals surface area contributed by atoms with Crippen molar-refractivity contribution in [2.24, 2.45) is 5.92 Å². The first-order chi connectivity index (χ1) is 13.9. The van der Waals surface area contributed by atoms with E-state index in [9.17, 15) is 4.79 Å². The first-order valence-corrected chi connectivity index (χ1v) is 11.3. The van der Waals surface area contributed by atoms with Crippen LogP contribution in [0, 0.1) is 12.8 Å². The predicted molar refractivity (Wildman–Crippen MR) is 121 cm³/mol. The number of rotatable bonds is 7. The first kappa shape index (κ1) is 21.7. The molecule has 0 radical (unpaired) electrons. The summed E-state index contributed by atoms with van der Waals surface area (Å²) in [5.41, 5.74) is 2.58. The SMILES string of the molecule is Cc1ccccc1N1CCN(c2cc(Cl)nc(SCC(=O)NCC(C)C)n2)CC1. The molecule has 156 valence electrons. The third-order valence-electron chi connectivity index (χ3n) is 4.76. The van der Waals surface area contributed by atoms with Crippen molar-refractivity contribution < 1.29 is 4.79 Å². The van der Waals surface area contributed by atoms with E-state index in [1.807, 2.05) is 0 Å². The molecule has 0 spiro atoms. The number of piperazine rings is 1. The van der Waals surface area contributed by atoms with Crippen LogP contribution in [-0.4, -0.2) is 54.4 Å². The number of halogens is 1. The van der Waals surface area contributed by atoms with Crippen LogP contribution >= 0.6 is 23.4 Å². The van der Waals surface area contributed by atoms with Gasteiger partial charge in [-0.05, 0) is 24.5 Å². The monoisotopic (exact) mass is 433 g/mol. The van der Waals surface area contributed by atoms with Gasteiger partial charge >= 0.3 is 0 Å². The predicted octanol–water partition coefficient (Wildman–Crippen LogP) is 3.63. The Morgan fingerprint density at radius 1 is 1.17 bits per heavy atom. The molecule has 1 amide bonds. The van der Waals surface area contributed by atoms with Crippen LogP contribution in [0.1, 0.15) is 19.4 Å². The summed E-state index contributed by atoms with van der Waals surface area (Å²) in [7, 11) is 0. The van der Waals surface area contributed by atoms with Crippen molar-refractivity contribution in [2.75, 3.05) is 48.3 Å². The van der Waals surface area contributed by atoms with Crippen molar-refractivity contribution in [1.82, 2.24) is 15.3 Å². The standard InChI is InChI=1S/C21H28ClN5OS/c1-15(2)13-23-20(28)14-29-21-24-18(22)12-19(25-21)27-10-8-26(9-11-27)17-7-5-4-6-16(17)3/h4-7,12,15H,8-11,13-14H2,1-3H3,(H,23,28). The maximum atomic E-state index is 12.0. The van der Waals surface area contributed by atoms with Gasteiger partial charge in [0, 0.05) is 44.5 Å². The van der Waals surface area contributed by atoms with Crippen LogP contribution in [0.15, 0.2) is 35.5 Å². The fourth-order valence-electron chi connectivity index (χ4n) is 3.21. The molecule has 2 heterocycles. The molecule has 0 unspecified atom stereocenters. The lowest BCUT2D eigenvalue weighted by atomic mass is 10.1. The average Bonchev–Trinajstić information content (AvgIpc) is 2.71. The van der Waals surface area contributed by atoms with Gasteiger partial charge in [0.2, 0.25) is 5.91 Å². The average molecular weight is 434 g/mol. The van der Waals surface area contributed by atoms with Gasteiger partial charge in [-0.25, -0.2) is 9.97 Å². The molecule has 0 bridgehead atoms. The molecule has 1 aliphatic rings. The van der Waals surface area contributed by atoms with E-state index in [2.05, 4.69) is 70.1 Å². The molecule has 1 aromatic heterocycles. The normalized spacial score (nSPS) is 14.4. The van der Waals surface area contributed by atoms with Crippen molar-refractivity contribution in [3.05, 3.63) is 41.0 Å². The van der Waals surface area contributed by atoms with Gasteiger partial charge in [-0.15, -0.1) is 0 Å². The molecular weight excluding hydrogens is 406 g/mol. The van der Waals surface area contributed by atoms with Crippen LogP contribution in [0.25, 0.3) is 0 Å². The maximum absolute atomic E-state index is 12.0. The molecule has 1 aliphatic heterocycles. The highest BCUT2D eigenvalue weighted by atomic mass is 35.5. The second-order valence-electron chi connectivity index (χ2n) is 7.58. The zero-order chi connectivity index (χ0) is 20.8. The number of benzene rings is 1. The van der Waals surface area contributed by atoms with E-state index < -0.39 is 0 Å². The van der Waals surface area contributed by atoms with Gasteiger partial charge < -0.3 is 15.1 Å². The van der Waals surface area contributed by atoms with E-state index in [4.69, 9.17) is 11.6 Å². The van der Waals surface area contributed by atoms with Crippen LogP contribution in [0.3, 0.4) is 0 Å². The van der Waals surface area contributed by atoms with Crippen LogP contribution in [0.4, 0.5) is 11.5 Å². The lowest BCUT2D eigenvalue weighted by Gasteiger charge is -2.37. The van der Waals surface area contributed by atoms with E-state index in [0.29, 0.717) is 22.8 Å². The van der Waals surface area contributed by atoms with Crippen molar-refractivity contribution in [1.29, 1.82) is 0 Å². The molecule has 6 nitrogen and oxygen atoms in total. The summed E-state index contributed by atoms with van der Waals surface area (Å²) in [6.45, 7) is 10.5. The molecule has 3 rings (SSSR count). The molecule has 1 N–H and O–H groups in total. The third kappa shape index (κ3) is 6.24. The first-order valence-electron chi connectivity index (χ1n) is 9.92. The molecule has 1 saturated heterocycles. The van der Waals surface area contributed by atoms with Gasteiger partial charge in [0.05, 0.1) is 5.75 Å². The number of carbonyl (C=O) groups is 1. The van der Waals surface area contributed by atoms with E-state index in [1.54, 1.807) is 6.07 Å². The zero-order valence-electron chi connectivity index (χ0n) is 17.2. The zero-order valence-corrected chi connectivity index (χ0v) is 18.8. The number of hydrogen-bond acceptors (Lipinski definition) is 6. The number of thioether (sulfide) groups is 1. The molecule has 8 heteroatoms. The summed E-state index contributed by atoms with van der Waals surface area (Å²) in [5.74, 6) is 1.52. The summed E-state index contributed by atoms with van der Waals surface area (Å²) in [5, 5.41) is 3.85. The summed E-state index contributed by atoms with van der Waals surface area (Å²) in [6.07, 6.45) is 0. The van der Waals surface area contributed by atoms with E-state index in [0.717, 1.165) is 32.0 Å². The Labute approximate surface area is 182 Å². The van der Waals surface area contributed by atoms with Crippen LogP contribution < -0.4 is 15.1 Å². The largest absolute Gasteiger partial charge is 0.368 e. The number of carbonyl (C=O) groups excluding carboxylic acids is 1. The second kappa shape index (κ2) is 10.2. The minimum atomic E-state index is -0.0133. The minimum Gasteiger partial charge on any atom is -0.368 e. The maximum Gasteiger partial charge on any atom is 0.230 e. The van der Waals surface area contributed by atoms with Gasteiger partial charge in [0.15, 0.2) is 5.16 Å². The van der Waals surface area contributed by atoms with Crippen molar-refractivity contribution in [3.63, 3.8) is 0 Å². The topological polar surface area (TPSA) is 61.4 Å². The Kier molecular flexibility index (Phi) is 7.61. The summed E-state index contributed by atoms with van der Waals surface area (Å²) in [4.78, 5) is 25.5. The van der Waals surface area contributed by atoms with E-state index in [-0.39, 0.29) is 11.7 Å². The fraction of sp³-hybridized carbons (Fsp3) is 0.476. The molecule has 2 aromatic rings. The molecule has 0 atom stereocenters. The molecule has 1 fully saturated rings. The molecular formula is C21H28ClN5OS. The van der Waals surface area contributed by atoms with Gasteiger partial charge in [-0.1, -0.05) is 55.4 Å². The van der Waals surface area contributed by atoms with E-state index in [1.165, 1.54) is 23.0 Å². The van der Waals surface area contributed by atoms with Crippen LogP contribution in [0.2, 0.25) is 5.15 Å². The lowest BCUT2D eigenvalue weighted by molar-refractivity contribution is -0.118. The summed E-state index contributed by atoms with van der Waals surface area (Å²) >= 11 is 7.55. The van der Waals surface area contributed by atoms with Gasteiger partial charge in [0.1, 0.15) is 11.0 Å². The molecule has 0 aliphatic carbocycles.